The van der Waals surface area contributed by atoms with Gasteiger partial charge in [0.15, 0.2) is 0 Å². The molecule has 5 rings (SSSR count). The minimum Gasteiger partial charge on any atom is -0.478 e. The van der Waals surface area contributed by atoms with Crippen molar-refractivity contribution in [3.8, 4) is 16.9 Å². The molecule has 1 N–H and O–H groups in total. The number of nitrogens with zero attached hydrogens (tertiary/aromatic N) is 3. The van der Waals surface area contributed by atoms with Gasteiger partial charge in [-0.05, 0) is 49.9 Å². The Morgan fingerprint density at radius 2 is 1.94 bits per heavy atom. The van der Waals surface area contributed by atoms with Gasteiger partial charge in [-0.15, -0.1) is 0 Å². The van der Waals surface area contributed by atoms with Gasteiger partial charge in [-0.25, -0.2) is 4.79 Å². The quantitative estimate of drug-likeness (QED) is 0.353. The number of rotatable bonds is 5. The van der Waals surface area contributed by atoms with Gasteiger partial charge in [0.2, 0.25) is 0 Å². The zero-order valence-corrected chi connectivity index (χ0v) is 19.2. The first kappa shape index (κ1) is 21.0. The van der Waals surface area contributed by atoms with Crippen molar-refractivity contribution in [2.24, 2.45) is 5.92 Å². The van der Waals surface area contributed by atoms with Gasteiger partial charge in [0.1, 0.15) is 5.76 Å². The van der Waals surface area contributed by atoms with Gasteiger partial charge in [0.25, 0.3) is 0 Å². The monoisotopic (exact) mass is 469 g/mol. The van der Waals surface area contributed by atoms with Crippen molar-refractivity contribution in [2.75, 3.05) is 0 Å². The lowest BCUT2D eigenvalue weighted by Gasteiger charge is -2.24. The van der Waals surface area contributed by atoms with Crippen LogP contribution in [-0.4, -0.2) is 25.8 Å². The van der Waals surface area contributed by atoms with E-state index in [1.54, 1.807) is 0 Å². The summed E-state index contributed by atoms with van der Waals surface area (Å²) in [5.41, 5.74) is 5.06. The highest BCUT2D eigenvalue weighted by Gasteiger charge is 2.23. The molecule has 0 amide bonds. The Morgan fingerprint density at radius 1 is 1.22 bits per heavy atom. The van der Waals surface area contributed by atoms with Crippen LogP contribution in [-0.2, 0) is 6.42 Å². The van der Waals surface area contributed by atoms with E-state index in [1.807, 2.05) is 30.7 Å². The van der Waals surface area contributed by atoms with E-state index >= 15 is 0 Å². The maximum Gasteiger partial charge on any atom is 0.335 e. The number of hydrogen-bond donors (Lipinski definition) is 1. The number of halogens is 2. The first-order valence-corrected chi connectivity index (χ1v) is 11.2. The Morgan fingerprint density at radius 3 is 2.50 bits per heavy atom. The summed E-state index contributed by atoms with van der Waals surface area (Å²) in [6.07, 6.45) is 8.62. The molecule has 3 aromatic heterocycles. The minimum atomic E-state index is -1.08. The lowest BCUT2D eigenvalue weighted by atomic mass is 9.81. The molecule has 8 heteroatoms. The number of benzene rings is 1. The molecule has 4 aromatic rings. The second kappa shape index (κ2) is 7.94. The van der Waals surface area contributed by atoms with Gasteiger partial charge in [0, 0.05) is 17.8 Å². The van der Waals surface area contributed by atoms with E-state index < -0.39 is 5.97 Å². The van der Waals surface area contributed by atoms with Gasteiger partial charge in [-0.3, -0.25) is 4.98 Å². The van der Waals surface area contributed by atoms with Gasteiger partial charge < -0.3 is 14.2 Å². The Labute approximate surface area is 194 Å². The van der Waals surface area contributed by atoms with E-state index in [-0.39, 0.29) is 15.6 Å². The third kappa shape index (κ3) is 3.48. The average Bonchev–Trinajstić information content (AvgIpc) is 3.23. The molecule has 32 heavy (non-hydrogen) atoms. The largest absolute Gasteiger partial charge is 0.478 e. The van der Waals surface area contributed by atoms with E-state index in [9.17, 15) is 9.90 Å². The molecule has 6 nitrogen and oxygen atoms in total. The van der Waals surface area contributed by atoms with Crippen LogP contribution in [0.4, 0.5) is 0 Å². The summed E-state index contributed by atoms with van der Waals surface area (Å²) in [6.45, 7) is 3.75. The predicted octanol–water partition coefficient (Wildman–Crippen LogP) is 6.64. The molecule has 0 bridgehead atoms. The van der Waals surface area contributed by atoms with Crippen LogP contribution in [0.5, 0.6) is 0 Å². The molecule has 1 saturated carbocycles. The van der Waals surface area contributed by atoms with Crippen molar-refractivity contribution < 1.29 is 14.4 Å². The van der Waals surface area contributed by atoms with Crippen molar-refractivity contribution in [3.63, 3.8) is 0 Å². The fraction of sp³-hybridized carbons (Fsp3) is 0.292. The van der Waals surface area contributed by atoms with Crippen molar-refractivity contribution >= 4 is 40.1 Å². The highest BCUT2D eigenvalue weighted by Crippen LogP contribution is 2.38. The number of fused-ring (bicyclic) bond motifs is 1. The Hall–Kier alpha value is -2.83. The SMILES string of the molecule is Cc1noc(C)c1-c1cc2c(cn1)c(CC1CCC1)cn2-c1c(Cl)cc(C(=O)O)cc1Cl. The normalized spacial score (nSPS) is 14.1. The van der Waals surface area contributed by atoms with Crippen LogP contribution in [0.25, 0.3) is 27.8 Å². The van der Waals surface area contributed by atoms with E-state index in [1.165, 1.54) is 37.0 Å². The molecule has 0 radical (unpaired) electrons. The smallest absolute Gasteiger partial charge is 0.335 e. The third-order valence-electron chi connectivity index (χ3n) is 6.30. The number of carboxylic acid groups (broad SMARTS) is 1. The molecule has 1 aliphatic rings. The number of hydrogen-bond acceptors (Lipinski definition) is 4. The molecule has 1 fully saturated rings. The molecule has 0 spiro atoms. The molecule has 3 heterocycles. The lowest BCUT2D eigenvalue weighted by molar-refractivity contribution is 0.0697. The number of pyridine rings is 1. The summed E-state index contributed by atoms with van der Waals surface area (Å²) < 4.78 is 7.28. The summed E-state index contributed by atoms with van der Waals surface area (Å²) in [4.78, 5) is 16.1. The minimum absolute atomic E-state index is 0.0491. The molecule has 164 valence electrons. The molecule has 1 aliphatic carbocycles. The standard InChI is InChI=1S/C24H21Cl2N3O3/c1-12-22(13(2)32-28-12)20-9-21-17(10-27-20)16(6-14-4-3-5-14)11-29(21)23-18(25)7-15(24(30)31)8-19(23)26/h7-11,14H,3-6H2,1-2H3,(H,30,31). The van der Waals surface area contributed by atoms with Crippen molar-refractivity contribution in [3.05, 3.63) is 63.2 Å². The van der Waals surface area contributed by atoms with E-state index in [2.05, 4.69) is 11.4 Å². The summed E-state index contributed by atoms with van der Waals surface area (Å²) >= 11 is 13.1. The van der Waals surface area contributed by atoms with Crippen molar-refractivity contribution in [2.45, 2.75) is 39.5 Å². The van der Waals surface area contributed by atoms with Crippen molar-refractivity contribution in [1.29, 1.82) is 0 Å². The van der Waals surface area contributed by atoms with Gasteiger partial charge in [-0.1, -0.05) is 47.6 Å². The molecule has 0 unspecified atom stereocenters. The summed E-state index contributed by atoms with van der Waals surface area (Å²) in [7, 11) is 0. The fourth-order valence-electron chi connectivity index (χ4n) is 4.45. The van der Waals surface area contributed by atoms with E-state index in [0.29, 0.717) is 17.4 Å². The van der Waals surface area contributed by atoms with Crippen LogP contribution in [0.1, 0.15) is 46.6 Å². The van der Waals surface area contributed by atoms with Gasteiger partial charge in [-0.2, -0.15) is 0 Å². The molecule has 0 aliphatic heterocycles. The summed E-state index contributed by atoms with van der Waals surface area (Å²) in [6, 6.07) is 4.85. The molecule has 1 aromatic carbocycles. The van der Waals surface area contributed by atoms with E-state index in [0.717, 1.165) is 34.3 Å². The molecule has 0 saturated heterocycles. The first-order valence-electron chi connectivity index (χ1n) is 10.5. The molecular weight excluding hydrogens is 449 g/mol. The zero-order valence-electron chi connectivity index (χ0n) is 17.7. The average molecular weight is 470 g/mol. The summed E-state index contributed by atoms with van der Waals surface area (Å²) in [5.74, 6) is 0.286. The number of carbonyl (C=O) groups is 1. The maximum absolute atomic E-state index is 11.4. The molecule has 0 atom stereocenters. The number of aromatic nitrogens is 3. The van der Waals surface area contributed by atoms with Crippen LogP contribution >= 0.6 is 23.2 Å². The van der Waals surface area contributed by atoms with E-state index in [4.69, 9.17) is 32.7 Å². The fourth-order valence-corrected chi connectivity index (χ4v) is 5.12. The Bertz CT molecular complexity index is 1330. The highest BCUT2D eigenvalue weighted by atomic mass is 35.5. The van der Waals surface area contributed by atoms with Crippen LogP contribution < -0.4 is 0 Å². The first-order chi connectivity index (χ1) is 15.3. The Kier molecular flexibility index (Phi) is 5.22. The summed E-state index contributed by atoms with van der Waals surface area (Å²) in [5, 5.41) is 15.0. The number of aryl methyl sites for hydroxylation is 2. The van der Waals surface area contributed by atoms with Crippen LogP contribution in [0.3, 0.4) is 0 Å². The van der Waals surface area contributed by atoms with Crippen LogP contribution in [0.15, 0.2) is 35.1 Å². The third-order valence-corrected chi connectivity index (χ3v) is 6.88. The Balaban J connectivity index is 1.74. The van der Waals surface area contributed by atoms with Crippen LogP contribution in [0, 0.1) is 19.8 Å². The zero-order chi connectivity index (χ0) is 22.6. The highest BCUT2D eigenvalue weighted by molar-refractivity contribution is 6.38. The number of carboxylic acids is 1. The van der Waals surface area contributed by atoms with Crippen LogP contribution in [0.2, 0.25) is 10.0 Å². The maximum atomic E-state index is 11.4. The molecular formula is C24H21Cl2N3O3. The predicted molar refractivity (Wildman–Crippen MR) is 124 cm³/mol. The van der Waals surface area contributed by atoms with Gasteiger partial charge in [0.05, 0.1) is 43.8 Å². The lowest BCUT2D eigenvalue weighted by Crippen LogP contribution is -2.13. The second-order valence-electron chi connectivity index (χ2n) is 8.40. The van der Waals surface area contributed by atoms with Crippen molar-refractivity contribution in [1.82, 2.24) is 14.7 Å². The van der Waals surface area contributed by atoms with Gasteiger partial charge >= 0.3 is 5.97 Å². The number of aromatic carboxylic acids is 1. The second-order valence-corrected chi connectivity index (χ2v) is 9.22. The topological polar surface area (TPSA) is 81.2 Å².